The number of thiophene rings is 1. The van der Waals surface area contributed by atoms with E-state index in [4.69, 9.17) is 5.73 Å². The van der Waals surface area contributed by atoms with Crippen LogP contribution in [0.2, 0.25) is 0 Å². The van der Waals surface area contributed by atoms with Gasteiger partial charge in [-0.1, -0.05) is 0 Å². The molecule has 0 aliphatic rings. The second kappa shape index (κ2) is 4.53. The largest absolute Gasteiger partial charge is 0.465 e. The van der Waals surface area contributed by atoms with Crippen molar-refractivity contribution in [2.24, 2.45) is 0 Å². The highest BCUT2D eigenvalue weighted by atomic mass is 32.2. The van der Waals surface area contributed by atoms with Gasteiger partial charge in [-0.15, -0.1) is 11.3 Å². The van der Waals surface area contributed by atoms with Crippen LogP contribution < -0.4 is 5.73 Å². The zero-order chi connectivity index (χ0) is 9.84. The van der Waals surface area contributed by atoms with Crippen molar-refractivity contribution in [3.05, 3.63) is 16.5 Å². The maximum absolute atomic E-state index is 11.1. The molecule has 0 radical (unpaired) electrons. The number of hydrogen-bond donors (Lipinski definition) is 1. The molecule has 0 spiro atoms. The Balaban J connectivity index is 2.89. The van der Waals surface area contributed by atoms with Crippen molar-refractivity contribution in [2.45, 2.75) is 5.75 Å². The zero-order valence-corrected chi connectivity index (χ0v) is 9.13. The molecule has 0 fully saturated rings. The number of esters is 1. The van der Waals surface area contributed by atoms with E-state index < -0.39 is 0 Å². The quantitative estimate of drug-likeness (QED) is 0.787. The minimum absolute atomic E-state index is 0.360. The summed E-state index contributed by atoms with van der Waals surface area (Å²) in [6.07, 6.45) is 2.01. The van der Waals surface area contributed by atoms with Crippen molar-refractivity contribution in [1.29, 1.82) is 0 Å². The summed E-state index contributed by atoms with van der Waals surface area (Å²) < 4.78 is 4.59. The van der Waals surface area contributed by atoms with Crippen molar-refractivity contribution >= 4 is 34.1 Å². The van der Waals surface area contributed by atoms with E-state index in [2.05, 4.69) is 4.74 Å². The normalized spacial score (nSPS) is 10.0. The molecule has 1 aromatic rings. The second-order valence-electron chi connectivity index (χ2n) is 2.42. The molecule has 3 nitrogen and oxygen atoms in total. The summed E-state index contributed by atoms with van der Waals surface area (Å²) in [5, 5.41) is 0.538. The summed E-state index contributed by atoms with van der Waals surface area (Å²) in [6, 6.07) is 1.79. The van der Waals surface area contributed by atoms with E-state index in [1.807, 2.05) is 6.26 Å². The summed E-state index contributed by atoms with van der Waals surface area (Å²) >= 11 is 3.14. The number of hydrogen-bond acceptors (Lipinski definition) is 5. The number of nitrogens with two attached hydrogens (primary N) is 1. The predicted octanol–water partition coefficient (Wildman–Crippen LogP) is 1.98. The van der Waals surface area contributed by atoms with E-state index in [0.29, 0.717) is 10.6 Å². The van der Waals surface area contributed by atoms with Gasteiger partial charge in [-0.2, -0.15) is 11.8 Å². The average Bonchev–Trinajstić information content (AvgIpc) is 2.46. The number of carbonyl (C=O) groups is 1. The van der Waals surface area contributed by atoms with Crippen molar-refractivity contribution in [3.63, 3.8) is 0 Å². The molecule has 0 bridgehead atoms. The SMILES string of the molecule is COC(=O)c1cc(CSC)sc1N. The molecule has 72 valence electrons. The molecular formula is C8H11NO2S2. The minimum atomic E-state index is -0.360. The first-order valence-electron chi connectivity index (χ1n) is 3.64. The molecule has 0 atom stereocenters. The number of ether oxygens (including phenoxy) is 1. The third-order valence-electron chi connectivity index (χ3n) is 1.50. The van der Waals surface area contributed by atoms with Crippen LogP contribution in [0.3, 0.4) is 0 Å². The number of anilines is 1. The Morgan fingerprint density at radius 2 is 2.46 bits per heavy atom. The van der Waals surface area contributed by atoms with Crippen LogP contribution in [0.1, 0.15) is 15.2 Å². The van der Waals surface area contributed by atoms with E-state index in [1.54, 1.807) is 17.8 Å². The molecule has 1 aromatic heterocycles. The number of nitrogen functional groups attached to an aromatic ring is 1. The molecule has 0 aliphatic heterocycles. The van der Waals surface area contributed by atoms with Crippen LogP contribution in [-0.4, -0.2) is 19.3 Å². The van der Waals surface area contributed by atoms with Crippen LogP contribution in [0, 0.1) is 0 Å². The van der Waals surface area contributed by atoms with Crippen LogP contribution in [0.5, 0.6) is 0 Å². The summed E-state index contributed by atoms with van der Waals surface area (Å²) in [5.74, 6) is 0.521. The smallest absolute Gasteiger partial charge is 0.340 e. The van der Waals surface area contributed by atoms with E-state index in [-0.39, 0.29) is 5.97 Å². The summed E-state index contributed by atoms with van der Waals surface area (Å²) in [5.41, 5.74) is 6.14. The highest BCUT2D eigenvalue weighted by molar-refractivity contribution is 7.97. The van der Waals surface area contributed by atoms with E-state index >= 15 is 0 Å². The highest BCUT2D eigenvalue weighted by Crippen LogP contribution is 2.27. The number of carbonyl (C=O) groups excluding carboxylic acids is 1. The molecule has 0 amide bonds. The molecule has 0 saturated carbocycles. The third-order valence-corrected chi connectivity index (χ3v) is 3.25. The van der Waals surface area contributed by atoms with E-state index in [1.165, 1.54) is 18.4 Å². The van der Waals surface area contributed by atoms with Gasteiger partial charge in [0.2, 0.25) is 0 Å². The fraction of sp³-hybridized carbons (Fsp3) is 0.375. The molecule has 1 rings (SSSR count). The van der Waals surface area contributed by atoms with Gasteiger partial charge >= 0.3 is 5.97 Å². The topological polar surface area (TPSA) is 52.3 Å². The van der Waals surface area contributed by atoms with E-state index in [9.17, 15) is 4.79 Å². The predicted molar refractivity (Wildman–Crippen MR) is 57.3 cm³/mol. The Hall–Kier alpha value is -0.680. The Kier molecular flexibility index (Phi) is 3.62. The lowest BCUT2D eigenvalue weighted by molar-refractivity contribution is 0.0602. The Morgan fingerprint density at radius 1 is 1.77 bits per heavy atom. The molecule has 0 unspecified atom stereocenters. The van der Waals surface area contributed by atoms with Crippen LogP contribution >= 0.6 is 23.1 Å². The van der Waals surface area contributed by atoms with Crippen LogP contribution in [-0.2, 0) is 10.5 Å². The van der Waals surface area contributed by atoms with Gasteiger partial charge in [-0.25, -0.2) is 4.79 Å². The number of rotatable bonds is 3. The zero-order valence-electron chi connectivity index (χ0n) is 7.49. The van der Waals surface area contributed by atoms with E-state index in [0.717, 1.165) is 10.6 Å². The second-order valence-corrected chi connectivity index (χ2v) is 4.45. The maximum Gasteiger partial charge on any atom is 0.340 e. The van der Waals surface area contributed by atoms with Crippen LogP contribution in [0.4, 0.5) is 5.00 Å². The molecule has 1 heterocycles. The van der Waals surface area contributed by atoms with Gasteiger partial charge in [0, 0.05) is 10.6 Å². The van der Waals surface area contributed by atoms with Crippen molar-refractivity contribution in [3.8, 4) is 0 Å². The Morgan fingerprint density at radius 3 is 3.00 bits per heavy atom. The standard InChI is InChI=1S/C8H11NO2S2/c1-11-8(10)6-3-5(4-12-2)13-7(6)9/h3H,4,9H2,1-2H3. The minimum Gasteiger partial charge on any atom is -0.465 e. The van der Waals surface area contributed by atoms with Gasteiger partial charge in [0.15, 0.2) is 0 Å². The van der Waals surface area contributed by atoms with Gasteiger partial charge in [-0.05, 0) is 12.3 Å². The maximum atomic E-state index is 11.1. The first-order valence-corrected chi connectivity index (χ1v) is 5.85. The molecule has 5 heteroatoms. The molecule has 2 N–H and O–H groups in total. The van der Waals surface area contributed by atoms with Gasteiger partial charge in [0.05, 0.1) is 12.7 Å². The lowest BCUT2D eigenvalue weighted by atomic mass is 10.3. The average molecular weight is 217 g/mol. The van der Waals surface area contributed by atoms with Crippen molar-refractivity contribution < 1.29 is 9.53 Å². The van der Waals surface area contributed by atoms with Gasteiger partial charge in [0.25, 0.3) is 0 Å². The molecule has 0 aromatic carbocycles. The Bertz CT molecular complexity index is 309. The van der Waals surface area contributed by atoms with Gasteiger partial charge in [0.1, 0.15) is 5.00 Å². The van der Waals surface area contributed by atoms with Crippen LogP contribution in [0.25, 0.3) is 0 Å². The summed E-state index contributed by atoms with van der Waals surface area (Å²) in [7, 11) is 1.35. The highest BCUT2D eigenvalue weighted by Gasteiger charge is 2.13. The van der Waals surface area contributed by atoms with Gasteiger partial charge < -0.3 is 10.5 Å². The summed E-state index contributed by atoms with van der Waals surface area (Å²) in [4.78, 5) is 12.3. The third kappa shape index (κ3) is 2.38. The number of methoxy groups -OCH3 is 1. The van der Waals surface area contributed by atoms with Crippen LogP contribution in [0.15, 0.2) is 6.07 Å². The molecule has 0 aliphatic carbocycles. The van der Waals surface area contributed by atoms with Crippen molar-refractivity contribution in [1.82, 2.24) is 0 Å². The molecule has 0 saturated heterocycles. The monoisotopic (exact) mass is 217 g/mol. The van der Waals surface area contributed by atoms with Crippen molar-refractivity contribution in [2.75, 3.05) is 19.1 Å². The molecule has 13 heavy (non-hydrogen) atoms. The van der Waals surface area contributed by atoms with Gasteiger partial charge in [-0.3, -0.25) is 0 Å². The fourth-order valence-corrected chi connectivity index (χ4v) is 2.61. The first-order chi connectivity index (χ1) is 6.19. The lowest BCUT2D eigenvalue weighted by Crippen LogP contribution is -2.01. The fourth-order valence-electron chi connectivity index (χ4n) is 0.941. The Labute approximate surface area is 85.3 Å². The number of thioether (sulfide) groups is 1. The molecular weight excluding hydrogens is 206 g/mol. The first kappa shape index (κ1) is 10.4. The summed E-state index contributed by atoms with van der Waals surface area (Å²) in [6.45, 7) is 0. The lowest BCUT2D eigenvalue weighted by Gasteiger charge is -1.94.